The Labute approximate surface area is 211 Å². The van der Waals surface area contributed by atoms with E-state index in [0.717, 1.165) is 12.2 Å². The van der Waals surface area contributed by atoms with Crippen molar-refractivity contribution < 1.29 is 18.7 Å². The van der Waals surface area contributed by atoms with Gasteiger partial charge in [0.1, 0.15) is 28.4 Å². The van der Waals surface area contributed by atoms with Crippen LogP contribution < -0.4 is 15.0 Å². The Bertz CT molecular complexity index is 1350. The molecule has 2 atom stereocenters. The van der Waals surface area contributed by atoms with Crippen LogP contribution >= 0.6 is 11.6 Å². The minimum Gasteiger partial charge on any atom is -0.491 e. The van der Waals surface area contributed by atoms with Crippen LogP contribution in [0.5, 0.6) is 5.75 Å². The van der Waals surface area contributed by atoms with Crippen LogP contribution in [0.4, 0.5) is 21.7 Å². The fourth-order valence-corrected chi connectivity index (χ4v) is 5.19. The molecule has 0 aliphatic carbocycles. The molecule has 0 radical (unpaired) electrons. The lowest BCUT2D eigenvalue weighted by atomic mass is 10.1. The van der Waals surface area contributed by atoms with Crippen LogP contribution in [0.25, 0.3) is 11.0 Å². The van der Waals surface area contributed by atoms with Crippen molar-refractivity contribution in [2.75, 3.05) is 43.1 Å². The zero-order chi connectivity index (χ0) is 24.8. The number of nitrogens with one attached hydrogen (secondary N) is 1. The molecule has 1 aromatic carbocycles. The highest BCUT2D eigenvalue weighted by Gasteiger charge is 2.45. The van der Waals surface area contributed by atoms with E-state index >= 15 is 4.39 Å². The third kappa shape index (κ3) is 4.00. The first-order valence-electron chi connectivity index (χ1n) is 11.8. The van der Waals surface area contributed by atoms with Gasteiger partial charge in [-0.25, -0.2) is 19.3 Å². The number of nitrogens with zero attached hydrogens (tertiary/aromatic N) is 5. The summed E-state index contributed by atoms with van der Waals surface area (Å²) in [6.45, 7) is 6.63. The number of carbonyl (C=O) groups is 1. The highest BCUT2D eigenvalue weighted by atomic mass is 35.5. The van der Waals surface area contributed by atoms with Crippen molar-refractivity contribution >= 4 is 45.9 Å². The number of ether oxygens (including phenoxy) is 2. The van der Waals surface area contributed by atoms with Gasteiger partial charge < -0.3 is 24.6 Å². The first-order valence-corrected chi connectivity index (χ1v) is 12.2. The highest BCUT2D eigenvalue weighted by Crippen LogP contribution is 2.37. The Morgan fingerprint density at radius 3 is 2.83 bits per heavy atom. The molecule has 3 saturated heterocycles. The summed E-state index contributed by atoms with van der Waals surface area (Å²) >= 11 is 6.26. The van der Waals surface area contributed by atoms with Gasteiger partial charge in [-0.15, -0.1) is 0 Å². The smallest absolute Gasteiger partial charge is 0.246 e. The molecule has 2 bridgehead atoms. The molecule has 36 heavy (non-hydrogen) atoms. The number of carbonyl (C=O) groups excluding carboxylic acids is 1. The number of benzene rings is 1. The van der Waals surface area contributed by atoms with Crippen LogP contribution in [0.1, 0.15) is 6.42 Å². The number of piperazine rings is 1. The number of rotatable bonds is 7. The SMILES string of the molecule is C=CC(=O)N1C[C@@H]2C[C@H]1CN2c1ccc2ncnc(Nc3ccc(OCC4COC4)c(Cl)c3F)c2n1. The van der Waals surface area contributed by atoms with E-state index in [-0.39, 0.29) is 34.5 Å². The summed E-state index contributed by atoms with van der Waals surface area (Å²) in [5, 5.41) is 2.92. The Morgan fingerprint density at radius 1 is 1.25 bits per heavy atom. The summed E-state index contributed by atoms with van der Waals surface area (Å²) in [4.78, 5) is 29.6. The van der Waals surface area contributed by atoms with Crippen molar-refractivity contribution in [1.29, 1.82) is 0 Å². The van der Waals surface area contributed by atoms with Crippen LogP contribution in [0.15, 0.2) is 43.2 Å². The van der Waals surface area contributed by atoms with Crippen molar-refractivity contribution in [3.63, 3.8) is 0 Å². The molecule has 3 aromatic rings. The molecule has 2 aromatic heterocycles. The van der Waals surface area contributed by atoms with E-state index in [9.17, 15) is 4.79 Å². The van der Waals surface area contributed by atoms with E-state index in [1.54, 1.807) is 12.1 Å². The summed E-state index contributed by atoms with van der Waals surface area (Å²) in [6, 6.07) is 7.30. The van der Waals surface area contributed by atoms with E-state index in [1.165, 1.54) is 12.4 Å². The predicted octanol–water partition coefficient (Wildman–Crippen LogP) is 3.56. The number of fused-ring (bicyclic) bond motifs is 3. The van der Waals surface area contributed by atoms with E-state index in [0.29, 0.717) is 55.7 Å². The Balaban J connectivity index is 1.24. The minimum absolute atomic E-state index is 0.0392. The normalized spacial score (nSPS) is 21.1. The number of halogens is 2. The summed E-state index contributed by atoms with van der Waals surface area (Å²) < 4.78 is 25.9. The maximum absolute atomic E-state index is 15.1. The van der Waals surface area contributed by atoms with E-state index in [2.05, 4.69) is 26.8 Å². The van der Waals surface area contributed by atoms with Gasteiger partial charge in [0.25, 0.3) is 0 Å². The van der Waals surface area contributed by atoms with Gasteiger partial charge in [0.05, 0.1) is 43.1 Å². The van der Waals surface area contributed by atoms with Crippen molar-refractivity contribution in [2.45, 2.75) is 18.5 Å². The second-order valence-electron chi connectivity index (χ2n) is 9.23. The van der Waals surface area contributed by atoms with Gasteiger partial charge in [-0.3, -0.25) is 4.79 Å². The lowest BCUT2D eigenvalue weighted by Crippen LogP contribution is -2.48. The number of pyridine rings is 1. The van der Waals surface area contributed by atoms with Gasteiger partial charge in [-0.2, -0.15) is 0 Å². The first kappa shape index (κ1) is 22.9. The third-order valence-electron chi connectivity index (χ3n) is 6.94. The monoisotopic (exact) mass is 510 g/mol. The molecule has 3 aliphatic rings. The second-order valence-corrected chi connectivity index (χ2v) is 9.61. The molecule has 5 heterocycles. The lowest BCUT2D eigenvalue weighted by molar-refractivity contribution is -0.127. The number of aromatic nitrogens is 3. The molecule has 0 saturated carbocycles. The quantitative estimate of drug-likeness (QED) is 0.482. The summed E-state index contributed by atoms with van der Waals surface area (Å²) in [5.41, 5.74) is 1.29. The minimum atomic E-state index is -0.634. The highest BCUT2D eigenvalue weighted by molar-refractivity contribution is 6.32. The lowest BCUT2D eigenvalue weighted by Gasteiger charge is -2.34. The van der Waals surface area contributed by atoms with Gasteiger partial charge in [-0.1, -0.05) is 18.2 Å². The van der Waals surface area contributed by atoms with Gasteiger partial charge in [0, 0.05) is 19.0 Å². The third-order valence-corrected chi connectivity index (χ3v) is 7.29. The largest absolute Gasteiger partial charge is 0.491 e. The average Bonchev–Trinajstić information content (AvgIpc) is 3.48. The maximum atomic E-state index is 15.1. The molecule has 3 fully saturated rings. The molecule has 11 heteroatoms. The standard InChI is InChI=1S/C25H24ClFN6O3/c1-2-21(34)33-9-15-7-16(33)8-32(15)20-6-4-18-24(31-20)25(29-13-28-18)30-17-3-5-19(22(26)23(17)27)36-12-14-10-35-11-14/h2-6,13-16H,1,7-12H2,(H,28,29,30)/t15-,16-/m0/s1. The Morgan fingerprint density at radius 2 is 2.11 bits per heavy atom. The van der Waals surface area contributed by atoms with Crippen LogP contribution in [0.2, 0.25) is 5.02 Å². The summed E-state index contributed by atoms with van der Waals surface area (Å²) in [6.07, 6.45) is 3.66. The first-order chi connectivity index (χ1) is 17.5. The van der Waals surface area contributed by atoms with Crippen LogP contribution in [0, 0.1) is 11.7 Å². The maximum Gasteiger partial charge on any atom is 0.246 e. The van der Waals surface area contributed by atoms with Crippen LogP contribution in [-0.2, 0) is 9.53 Å². The van der Waals surface area contributed by atoms with Crippen molar-refractivity contribution in [2.24, 2.45) is 5.92 Å². The number of hydrogen-bond acceptors (Lipinski definition) is 8. The zero-order valence-electron chi connectivity index (χ0n) is 19.4. The zero-order valence-corrected chi connectivity index (χ0v) is 20.1. The van der Waals surface area contributed by atoms with Gasteiger partial charge >= 0.3 is 0 Å². The molecule has 6 rings (SSSR count). The molecular weight excluding hydrogens is 487 g/mol. The van der Waals surface area contributed by atoms with Gasteiger partial charge in [0.15, 0.2) is 11.6 Å². The number of hydrogen-bond donors (Lipinski definition) is 1. The molecule has 186 valence electrons. The molecule has 0 spiro atoms. The van der Waals surface area contributed by atoms with Crippen LogP contribution in [-0.4, -0.2) is 70.8 Å². The Kier molecular flexibility index (Phi) is 5.85. The second kappa shape index (κ2) is 9.18. The molecule has 1 amide bonds. The number of anilines is 3. The molecule has 9 nitrogen and oxygen atoms in total. The number of amides is 1. The topological polar surface area (TPSA) is 92.7 Å². The van der Waals surface area contributed by atoms with Gasteiger partial charge in [-0.05, 0) is 36.8 Å². The molecule has 0 unspecified atom stereocenters. The number of likely N-dealkylation sites (tertiary alicyclic amines) is 1. The molecular formula is C25H24ClFN6O3. The van der Waals surface area contributed by atoms with Crippen molar-refractivity contribution in [1.82, 2.24) is 19.9 Å². The van der Waals surface area contributed by atoms with Crippen molar-refractivity contribution in [3.05, 3.63) is 54.1 Å². The molecule has 3 aliphatic heterocycles. The van der Waals surface area contributed by atoms with Crippen LogP contribution in [0.3, 0.4) is 0 Å². The molecule has 1 N–H and O–H groups in total. The van der Waals surface area contributed by atoms with Gasteiger partial charge in [0.2, 0.25) is 5.91 Å². The fraction of sp³-hybridized carbons (Fsp3) is 0.360. The Hall–Kier alpha value is -3.50. The van der Waals surface area contributed by atoms with E-state index in [1.807, 2.05) is 17.0 Å². The van der Waals surface area contributed by atoms with E-state index in [4.69, 9.17) is 26.1 Å². The van der Waals surface area contributed by atoms with E-state index < -0.39 is 5.82 Å². The fourth-order valence-electron chi connectivity index (χ4n) is 4.97. The van der Waals surface area contributed by atoms with Crippen molar-refractivity contribution in [3.8, 4) is 5.75 Å². The predicted molar refractivity (Wildman–Crippen MR) is 133 cm³/mol. The average molecular weight is 511 g/mol. The summed E-state index contributed by atoms with van der Waals surface area (Å²) in [7, 11) is 0. The summed E-state index contributed by atoms with van der Waals surface area (Å²) in [5.74, 6) is 1.04.